The molecule has 2 rings (SSSR count). The van der Waals surface area contributed by atoms with Crippen molar-refractivity contribution in [2.45, 2.75) is 18.9 Å². The number of aliphatic hydroxyl groups excluding tert-OH is 1. The molecule has 0 amide bonds. The van der Waals surface area contributed by atoms with E-state index in [2.05, 4.69) is 6.07 Å². The normalized spacial score (nSPS) is 21.6. The van der Waals surface area contributed by atoms with Crippen molar-refractivity contribution in [2.75, 3.05) is 13.2 Å². The van der Waals surface area contributed by atoms with E-state index < -0.39 is 0 Å². The zero-order valence-corrected chi connectivity index (χ0v) is 8.73. The summed E-state index contributed by atoms with van der Waals surface area (Å²) in [5.74, 6) is 1.30. The number of rotatable bonds is 3. The Bertz CT molecular complexity index is 327. The highest BCUT2D eigenvalue weighted by atomic mass is 16.5. The Morgan fingerprint density at radius 1 is 1.47 bits per heavy atom. The van der Waals surface area contributed by atoms with Crippen molar-refractivity contribution in [2.24, 2.45) is 11.7 Å². The third-order valence-electron chi connectivity index (χ3n) is 2.98. The van der Waals surface area contributed by atoms with Crippen LogP contribution in [0, 0.1) is 5.92 Å². The quantitative estimate of drug-likeness (QED) is 0.775. The molecule has 0 aromatic heterocycles. The molecule has 0 fully saturated rings. The van der Waals surface area contributed by atoms with Crippen LogP contribution in [0.3, 0.4) is 0 Å². The summed E-state index contributed by atoms with van der Waals surface area (Å²) in [6.45, 7) is 0.817. The molecule has 1 aromatic rings. The van der Waals surface area contributed by atoms with Crippen LogP contribution in [0.15, 0.2) is 24.3 Å². The molecule has 2 unspecified atom stereocenters. The van der Waals surface area contributed by atoms with Crippen molar-refractivity contribution in [3.05, 3.63) is 29.8 Å². The lowest BCUT2D eigenvalue weighted by Gasteiger charge is -2.29. The van der Waals surface area contributed by atoms with Gasteiger partial charge in [0.1, 0.15) is 5.75 Å². The first-order chi connectivity index (χ1) is 7.31. The van der Waals surface area contributed by atoms with Crippen LogP contribution in [0.2, 0.25) is 0 Å². The summed E-state index contributed by atoms with van der Waals surface area (Å²) in [5, 5.41) is 8.84. The third kappa shape index (κ3) is 2.30. The standard InChI is InChI=1S/C12H17NO2/c13-11(5-6-14)10-7-9-3-1-2-4-12(9)15-8-10/h1-4,10-11,14H,5-8,13H2. The fourth-order valence-electron chi connectivity index (χ4n) is 2.01. The van der Waals surface area contributed by atoms with E-state index in [1.807, 2.05) is 18.2 Å². The van der Waals surface area contributed by atoms with Gasteiger partial charge in [0, 0.05) is 18.6 Å². The first-order valence-corrected chi connectivity index (χ1v) is 5.38. The lowest BCUT2D eigenvalue weighted by atomic mass is 9.89. The predicted molar refractivity (Wildman–Crippen MR) is 58.8 cm³/mol. The molecule has 0 saturated heterocycles. The van der Waals surface area contributed by atoms with E-state index in [1.165, 1.54) is 5.56 Å². The van der Waals surface area contributed by atoms with Crippen molar-refractivity contribution < 1.29 is 9.84 Å². The summed E-state index contributed by atoms with van der Waals surface area (Å²) in [6.07, 6.45) is 1.60. The van der Waals surface area contributed by atoms with Gasteiger partial charge in [-0.05, 0) is 24.5 Å². The topological polar surface area (TPSA) is 55.5 Å². The Hall–Kier alpha value is -1.06. The van der Waals surface area contributed by atoms with Gasteiger partial charge in [-0.1, -0.05) is 18.2 Å². The lowest BCUT2D eigenvalue weighted by Crippen LogP contribution is -2.38. The van der Waals surface area contributed by atoms with Crippen LogP contribution in [0.4, 0.5) is 0 Å². The zero-order valence-electron chi connectivity index (χ0n) is 8.73. The van der Waals surface area contributed by atoms with E-state index in [0.29, 0.717) is 18.9 Å². The summed E-state index contributed by atoms with van der Waals surface area (Å²) in [4.78, 5) is 0. The fraction of sp³-hybridized carbons (Fsp3) is 0.500. The summed E-state index contributed by atoms with van der Waals surface area (Å²) in [6, 6.07) is 8.09. The van der Waals surface area contributed by atoms with Crippen LogP contribution in [-0.4, -0.2) is 24.4 Å². The molecule has 3 N–H and O–H groups in total. The summed E-state index contributed by atoms with van der Waals surface area (Å²) in [7, 11) is 0. The Morgan fingerprint density at radius 3 is 3.07 bits per heavy atom. The SMILES string of the molecule is NC(CCO)C1COc2ccccc2C1. The molecular formula is C12H17NO2. The molecule has 0 bridgehead atoms. The van der Waals surface area contributed by atoms with Crippen LogP contribution in [0.5, 0.6) is 5.75 Å². The number of para-hydroxylation sites is 1. The molecule has 0 aliphatic carbocycles. The summed E-state index contributed by atoms with van der Waals surface area (Å²) < 4.78 is 5.64. The monoisotopic (exact) mass is 207 g/mol. The number of nitrogens with two attached hydrogens (primary N) is 1. The molecule has 1 aliphatic rings. The van der Waals surface area contributed by atoms with Gasteiger partial charge >= 0.3 is 0 Å². The first-order valence-electron chi connectivity index (χ1n) is 5.38. The molecule has 1 aromatic carbocycles. The molecule has 1 heterocycles. The van der Waals surface area contributed by atoms with Gasteiger partial charge in [0.25, 0.3) is 0 Å². The fourth-order valence-corrected chi connectivity index (χ4v) is 2.01. The molecule has 0 radical (unpaired) electrons. The van der Waals surface area contributed by atoms with Crippen LogP contribution in [0.1, 0.15) is 12.0 Å². The van der Waals surface area contributed by atoms with Crippen LogP contribution < -0.4 is 10.5 Å². The van der Waals surface area contributed by atoms with Gasteiger partial charge in [0.2, 0.25) is 0 Å². The maximum absolute atomic E-state index is 8.84. The van der Waals surface area contributed by atoms with Gasteiger partial charge in [-0.15, -0.1) is 0 Å². The third-order valence-corrected chi connectivity index (χ3v) is 2.98. The van der Waals surface area contributed by atoms with E-state index in [4.69, 9.17) is 15.6 Å². The number of hydrogen-bond acceptors (Lipinski definition) is 3. The molecule has 1 aliphatic heterocycles. The van der Waals surface area contributed by atoms with Crippen molar-refractivity contribution in [3.63, 3.8) is 0 Å². The van der Waals surface area contributed by atoms with Crippen LogP contribution in [0.25, 0.3) is 0 Å². The van der Waals surface area contributed by atoms with Gasteiger partial charge in [0.15, 0.2) is 0 Å². The van der Waals surface area contributed by atoms with E-state index >= 15 is 0 Å². The largest absolute Gasteiger partial charge is 0.493 e. The van der Waals surface area contributed by atoms with Gasteiger partial charge < -0.3 is 15.6 Å². The molecule has 2 atom stereocenters. The van der Waals surface area contributed by atoms with Gasteiger partial charge in [0.05, 0.1) is 6.61 Å². The lowest BCUT2D eigenvalue weighted by molar-refractivity contribution is 0.179. The van der Waals surface area contributed by atoms with Gasteiger partial charge in [-0.25, -0.2) is 0 Å². The Labute approximate surface area is 89.9 Å². The molecule has 0 spiro atoms. The first kappa shape index (κ1) is 10.5. The van der Waals surface area contributed by atoms with Gasteiger partial charge in [-0.2, -0.15) is 0 Å². The number of benzene rings is 1. The number of aliphatic hydroxyl groups is 1. The molecule has 3 nitrogen and oxygen atoms in total. The van der Waals surface area contributed by atoms with Gasteiger partial charge in [-0.3, -0.25) is 0 Å². The maximum Gasteiger partial charge on any atom is 0.122 e. The van der Waals surface area contributed by atoms with E-state index in [-0.39, 0.29) is 12.6 Å². The van der Waals surface area contributed by atoms with Crippen molar-refractivity contribution >= 4 is 0 Å². The van der Waals surface area contributed by atoms with E-state index in [9.17, 15) is 0 Å². The average Bonchev–Trinajstić information content (AvgIpc) is 2.29. The zero-order chi connectivity index (χ0) is 10.7. The summed E-state index contributed by atoms with van der Waals surface area (Å²) in [5.41, 5.74) is 7.20. The Balaban J connectivity index is 2.05. The number of ether oxygens (including phenoxy) is 1. The minimum atomic E-state index is 0.0309. The van der Waals surface area contributed by atoms with Crippen LogP contribution in [-0.2, 0) is 6.42 Å². The van der Waals surface area contributed by atoms with Crippen molar-refractivity contribution in [1.82, 2.24) is 0 Å². The second-order valence-electron chi connectivity index (χ2n) is 4.06. The summed E-state index contributed by atoms with van der Waals surface area (Å²) >= 11 is 0. The number of fused-ring (bicyclic) bond motifs is 1. The Kier molecular flexibility index (Phi) is 3.23. The highest BCUT2D eigenvalue weighted by molar-refractivity contribution is 5.35. The maximum atomic E-state index is 8.84. The molecular weight excluding hydrogens is 190 g/mol. The second kappa shape index (κ2) is 4.64. The highest BCUT2D eigenvalue weighted by Gasteiger charge is 2.24. The molecule has 3 heteroatoms. The minimum Gasteiger partial charge on any atom is -0.493 e. The highest BCUT2D eigenvalue weighted by Crippen LogP contribution is 2.28. The molecule has 0 saturated carbocycles. The minimum absolute atomic E-state index is 0.0309. The van der Waals surface area contributed by atoms with E-state index in [0.717, 1.165) is 12.2 Å². The average molecular weight is 207 g/mol. The van der Waals surface area contributed by atoms with E-state index in [1.54, 1.807) is 0 Å². The number of hydrogen-bond donors (Lipinski definition) is 2. The molecule has 82 valence electrons. The van der Waals surface area contributed by atoms with Crippen molar-refractivity contribution in [1.29, 1.82) is 0 Å². The smallest absolute Gasteiger partial charge is 0.122 e. The molecule has 15 heavy (non-hydrogen) atoms. The second-order valence-corrected chi connectivity index (χ2v) is 4.06. The predicted octanol–water partition coefficient (Wildman–Crippen LogP) is 0.947. The van der Waals surface area contributed by atoms with Crippen LogP contribution >= 0.6 is 0 Å². The Morgan fingerprint density at radius 2 is 2.27 bits per heavy atom. The van der Waals surface area contributed by atoms with Crippen molar-refractivity contribution in [3.8, 4) is 5.75 Å².